The van der Waals surface area contributed by atoms with Crippen LogP contribution in [0.2, 0.25) is 0 Å². The van der Waals surface area contributed by atoms with E-state index >= 15 is 0 Å². The SMILES string of the molecule is CC(=Cc1ccccc1O)C(=Cc1ccccc1O)NN. The van der Waals surface area contributed by atoms with Gasteiger partial charge in [0.15, 0.2) is 0 Å². The fourth-order valence-electron chi connectivity index (χ4n) is 1.96. The molecule has 0 fully saturated rings. The quantitative estimate of drug-likeness (QED) is 0.395. The van der Waals surface area contributed by atoms with Crippen LogP contribution < -0.4 is 11.3 Å². The molecule has 0 heterocycles. The van der Waals surface area contributed by atoms with Crippen LogP contribution in [-0.4, -0.2) is 10.2 Å². The van der Waals surface area contributed by atoms with Crippen LogP contribution in [-0.2, 0) is 0 Å². The first-order chi connectivity index (χ1) is 10.1. The van der Waals surface area contributed by atoms with Crippen molar-refractivity contribution in [2.75, 3.05) is 0 Å². The van der Waals surface area contributed by atoms with E-state index in [-0.39, 0.29) is 11.5 Å². The van der Waals surface area contributed by atoms with Crippen LogP contribution in [0.4, 0.5) is 0 Å². The van der Waals surface area contributed by atoms with E-state index in [1.165, 1.54) is 0 Å². The van der Waals surface area contributed by atoms with Gasteiger partial charge in [-0.3, -0.25) is 5.84 Å². The number of hydrazine groups is 1. The maximum atomic E-state index is 9.80. The van der Waals surface area contributed by atoms with Gasteiger partial charge < -0.3 is 15.6 Å². The predicted molar refractivity (Wildman–Crippen MR) is 85.2 cm³/mol. The van der Waals surface area contributed by atoms with Crippen molar-refractivity contribution in [1.82, 2.24) is 5.43 Å². The van der Waals surface area contributed by atoms with Crippen molar-refractivity contribution in [1.29, 1.82) is 0 Å². The molecule has 0 saturated heterocycles. The first-order valence-corrected chi connectivity index (χ1v) is 6.55. The fourth-order valence-corrected chi connectivity index (χ4v) is 1.96. The molecule has 0 unspecified atom stereocenters. The second kappa shape index (κ2) is 6.63. The Morgan fingerprint density at radius 3 is 1.86 bits per heavy atom. The topological polar surface area (TPSA) is 78.5 Å². The first-order valence-electron chi connectivity index (χ1n) is 6.55. The summed E-state index contributed by atoms with van der Waals surface area (Å²) >= 11 is 0. The maximum Gasteiger partial charge on any atom is 0.122 e. The van der Waals surface area contributed by atoms with Gasteiger partial charge in [-0.2, -0.15) is 0 Å². The number of hydrogen-bond acceptors (Lipinski definition) is 4. The van der Waals surface area contributed by atoms with Crippen molar-refractivity contribution >= 4 is 12.2 Å². The Morgan fingerprint density at radius 2 is 1.38 bits per heavy atom. The smallest absolute Gasteiger partial charge is 0.122 e. The summed E-state index contributed by atoms with van der Waals surface area (Å²) in [7, 11) is 0. The zero-order chi connectivity index (χ0) is 15.2. The summed E-state index contributed by atoms with van der Waals surface area (Å²) in [6.07, 6.45) is 3.57. The van der Waals surface area contributed by atoms with E-state index in [9.17, 15) is 10.2 Å². The number of phenols is 2. The molecule has 0 saturated carbocycles. The largest absolute Gasteiger partial charge is 0.507 e. The van der Waals surface area contributed by atoms with E-state index in [1.807, 2.05) is 31.2 Å². The molecular formula is C17H18N2O2. The highest BCUT2D eigenvalue weighted by molar-refractivity contribution is 5.68. The molecule has 108 valence electrons. The van der Waals surface area contributed by atoms with Gasteiger partial charge in [0.2, 0.25) is 0 Å². The maximum absolute atomic E-state index is 9.80. The molecular weight excluding hydrogens is 264 g/mol. The van der Waals surface area contributed by atoms with Crippen LogP contribution in [0.1, 0.15) is 18.1 Å². The average Bonchev–Trinajstić information content (AvgIpc) is 2.48. The van der Waals surface area contributed by atoms with Crippen molar-refractivity contribution in [2.24, 2.45) is 5.84 Å². The van der Waals surface area contributed by atoms with Gasteiger partial charge in [0.05, 0.1) is 5.70 Å². The van der Waals surface area contributed by atoms with Gasteiger partial charge in [-0.1, -0.05) is 36.4 Å². The van der Waals surface area contributed by atoms with Crippen LogP contribution in [0.15, 0.2) is 59.8 Å². The van der Waals surface area contributed by atoms with Crippen molar-refractivity contribution in [3.63, 3.8) is 0 Å². The van der Waals surface area contributed by atoms with E-state index < -0.39 is 0 Å². The molecule has 0 spiro atoms. The third kappa shape index (κ3) is 3.64. The van der Waals surface area contributed by atoms with Crippen LogP contribution in [0.5, 0.6) is 11.5 Å². The summed E-state index contributed by atoms with van der Waals surface area (Å²) in [5.74, 6) is 5.95. The van der Waals surface area contributed by atoms with Gasteiger partial charge in [-0.05, 0) is 36.8 Å². The summed E-state index contributed by atoms with van der Waals surface area (Å²) in [5.41, 5.74) is 5.47. The lowest BCUT2D eigenvalue weighted by molar-refractivity contribution is 0.473. The summed E-state index contributed by atoms with van der Waals surface area (Å²) in [6.45, 7) is 1.87. The van der Waals surface area contributed by atoms with Crippen LogP contribution >= 0.6 is 0 Å². The zero-order valence-electron chi connectivity index (χ0n) is 11.7. The van der Waals surface area contributed by atoms with Crippen molar-refractivity contribution < 1.29 is 10.2 Å². The summed E-state index contributed by atoms with van der Waals surface area (Å²) in [6, 6.07) is 14.0. The predicted octanol–water partition coefficient (Wildman–Crippen LogP) is 3.01. The molecule has 0 aliphatic rings. The highest BCUT2D eigenvalue weighted by Gasteiger charge is 2.03. The molecule has 2 rings (SSSR count). The summed E-state index contributed by atoms with van der Waals surface area (Å²) in [5, 5.41) is 19.6. The molecule has 0 radical (unpaired) electrons. The first kappa shape index (κ1) is 14.7. The normalized spacial score (nSPS) is 12.3. The van der Waals surface area contributed by atoms with E-state index in [4.69, 9.17) is 5.84 Å². The molecule has 0 aliphatic carbocycles. The van der Waals surface area contributed by atoms with Gasteiger partial charge in [-0.15, -0.1) is 0 Å². The van der Waals surface area contributed by atoms with E-state index in [1.54, 1.807) is 36.4 Å². The highest BCUT2D eigenvalue weighted by atomic mass is 16.3. The molecule has 2 aromatic carbocycles. The van der Waals surface area contributed by atoms with Gasteiger partial charge in [0.1, 0.15) is 11.5 Å². The Kier molecular flexibility index (Phi) is 4.64. The Hall–Kier alpha value is -2.72. The molecule has 4 nitrogen and oxygen atoms in total. The van der Waals surface area contributed by atoms with E-state index in [0.717, 1.165) is 5.57 Å². The fraction of sp³-hybridized carbons (Fsp3) is 0.0588. The number of hydrogen-bond donors (Lipinski definition) is 4. The summed E-state index contributed by atoms with van der Waals surface area (Å²) < 4.78 is 0. The molecule has 2 aromatic rings. The number of benzene rings is 2. The molecule has 0 aromatic heterocycles. The highest BCUT2D eigenvalue weighted by Crippen LogP contribution is 2.23. The standard InChI is InChI=1S/C17H18N2O2/c1-12(10-13-6-2-4-8-16(13)20)15(19-18)11-14-7-3-5-9-17(14)21/h2-11,19-21H,18H2,1H3. The minimum Gasteiger partial charge on any atom is -0.507 e. The number of para-hydroxylation sites is 2. The Balaban J connectivity index is 2.38. The molecule has 21 heavy (non-hydrogen) atoms. The molecule has 0 bridgehead atoms. The van der Waals surface area contributed by atoms with Crippen LogP contribution in [0.25, 0.3) is 12.2 Å². The number of aromatic hydroxyl groups is 2. The third-order valence-corrected chi connectivity index (χ3v) is 3.13. The molecule has 0 aliphatic heterocycles. The zero-order valence-corrected chi connectivity index (χ0v) is 11.7. The Morgan fingerprint density at radius 1 is 0.905 bits per heavy atom. The Bertz CT molecular complexity index is 691. The van der Waals surface area contributed by atoms with Gasteiger partial charge in [0.25, 0.3) is 0 Å². The lowest BCUT2D eigenvalue weighted by atomic mass is 10.1. The Labute approximate surface area is 123 Å². The van der Waals surface area contributed by atoms with Gasteiger partial charge in [0, 0.05) is 11.1 Å². The van der Waals surface area contributed by atoms with Crippen molar-refractivity contribution in [3.8, 4) is 11.5 Å². The third-order valence-electron chi connectivity index (χ3n) is 3.13. The average molecular weight is 282 g/mol. The lowest BCUT2D eigenvalue weighted by Gasteiger charge is -2.09. The second-order valence-electron chi connectivity index (χ2n) is 4.65. The number of nitrogens with two attached hydrogens (primary N) is 1. The molecule has 5 N–H and O–H groups in total. The molecule has 0 amide bonds. The monoisotopic (exact) mass is 282 g/mol. The van der Waals surface area contributed by atoms with Crippen molar-refractivity contribution in [2.45, 2.75) is 6.92 Å². The van der Waals surface area contributed by atoms with E-state index in [2.05, 4.69) is 5.43 Å². The minimum absolute atomic E-state index is 0.181. The van der Waals surface area contributed by atoms with E-state index in [0.29, 0.717) is 16.8 Å². The molecule has 0 atom stereocenters. The number of rotatable bonds is 4. The van der Waals surface area contributed by atoms with Gasteiger partial charge in [-0.25, -0.2) is 0 Å². The minimum atomic E-state index is 0.181. The van der Waals surface area contributed by atoms with Crippen LogP contribution in [0, 0.1) is 0 Å². The summed E-state index contributed by atoms with van der Waals surface area (Å²) in [4.78, 5) is 0. The second-order valence-corrected chi connectivity index (χ2v) is 4.65. The number of phenolic OH excluding ortho intramolecular Hbond substituents is 2. The molecule has 4 heteroatoms. The number of allylic oxidation sites excluding steroid dienone is 1. The van der Waals surface area contributed by atoms with Crippen molar-refractivity contribution in [3.05, 3.63) is 70.9 Å². The lowest BCUT2D eigenvalue weighted by Crippen LogP contribution is -2.21. The van der Waals surface area contributed by atoms with Gasteiger partial charge >= 0.3 is 0 Å². The van der Waals surface area contributed by atoms with Crippen LogP contribution in [0.3, 0.4) is 0 Å². The number of nitrogens with one attached hydrogen (secondary N) is 1.